The largest absolute Gasteiger partial charge is 0.414 e. The fourth-order valence-corrected chi connectivity index (χ4v) is 0.903. The molecule has 0 rings (SSSR count). The molecule has 0 heterocycles. The minimum absolute atomic E-state index is 0.296. The summed E-state index contributed by atoms with van der Waals surface area (Å²) in [5.41, 5.74) is 0. The Kier molecular flexibility index (Phi) is 6.47. The van der Waals surface area contributed by atoms with Gasteiger partial charge in [0.15, 0.2) is 0 Å². The summed E-state index contributed by atoms with van der Waals surface area (Å²) in [6, 6.07) is 0. The highest BCUT2D eigenvalue weighted by Crippen LogP contribution is 2.30. The lowest BCUT2D eigenvalue weighted by Crippen LogP contribution is -2.22. The van der Waals surface area contributed by atoms with Gasteiger partial charge >= 0.3 is 12.2 Å². The van der Waals surface area contributed by atoms with Crippen LogP contribution in [0.15, 0.2) is 11.9 Å². The van der Waals surface area contributed by atoms with Gasteiger partial charge in [0, 0.05) is 0 Å². The van der Waals surface area contributed by atoms with Crippen molar-refractivity contribution in [3.63, 3.8) is 0 Å². The summed E-state index contributed by atoms with van der Waals surface area (Å²) >= 11 is 0. The second kappa shape index (κ2) is 6.76. The molecule has 6 heteroatoms. The first-order valence-electron chi connectivity index (χ1n) is 4.64. The molecular weight excluding hydrogens is 219 g/mol. The van der Waals surface area contributed by atoms with Gasteiger partial charge in [-0.15, -0.1) is 0 Å². The van der Waals surface area contributed by atoms with E-state index in [9.17, 15) is 22.0 Å². The summed E-state index contributed by atoms with van der Waals surface area (Å²) in [4.78, 5) is 0. The Morgan fingerprint density at radius 3 is 2.13 bits per heavy atom. The number of hydrogen-bond donors (Lipinski definition) is 0. The minimum Gasteiger partial charge on any atom is -0.315 e. The van der Waals surface area contributed by atoms with Crippen LogP contribution in [0.1, 0.15) is 32.6 Å². The van der Waals surface area contributed by atoms with Gasteiger partial charge in [0.2, 0.25) is 0 Å². The molecule has 0 unspecified atom stereocenters. The third-order valence-electron chi connectivity index (χ3n) is 1.70. The quantitative estimate of drug-likeness (QED) is 0.471. The topological polar surface area (TPSA) is 9.23 Å². The fraction of sp³-hybridized carbons (Fsp3) is 0.778. The number of halogens is 5. The first-order chi connectivity index (χ1) is 6.91. The maximum Gasteiger partial charge on any atom is 0.414 e. The summed E-state index contributed by atoms with van der Waals surface area (Å²) in [6.07, 6.45) is -4.87. The van der Waals surface area contributed by atoms with Gasteiger partial charge in [-0.3, -0.25) is 0 Å². The molecule has 0 bridgehead atoms. The van der Waals surface area contributed by atoms with Gasteiger partial charge in [0.1, 0.15) is 0 Å². The van der Waals surface area contributed by atoms with Gasteiger partial charge in [-0.2, -0.15) is 22.0 Å². The van der Waals surface area contributed by atoms with Crippen LogP contribution in [0, 0.1) is 0 Å². The standard InChI is InChI=1S/C9H13F5O/c1-2-3-4-5-6-15-9(13,14)7(10)8(11)12/h2-6H2,1H3. The van der Waals surface area contributed by atoms with Crippen molar-refractivity contribution in [2.45, 2.75) is 38.7 Å². The Hall–Kier alpha value is -0.650. The van der Waals surface area contributed by atoms with Gasteiger partial charge in [-0.1, -0.05) is 26.2 Å². The molecule has 0 aromatic carbocycles. The summed E-state index contributed by atoms with van der Waals surface area (Å²) < 4.78 is 63.8. The van der Waals surface area contributed by atoms with E-state index >= 15 is 0 Å². The molecule has 0 spiro atoms. The number of unbranched alkanes of at least 4 members (excludes halogenated alkanes) is 3. The normalized spacial score (nSPS) is 11.6. The van der Waals surface area contributed by atoms with E-state index < -0.39 is 24.6 Å². The van der Waals surface area contributed by atoms with Gasteiger partial charge in [0.25, 0.3) is 5.83 Å². The van der Waals surface area contributed by atoms with E-state index in [-0.39, 0.29) is 0 Å². The third-order valence-corrected chi connectivity index (χ3v) is 1.70. The molecule has 0 saturated heterocycles. The zero-order valence-corrected chi connectivity index (χ0v) is 8.33. The number of alkyl halides is 2. The second-order valence-corrected chi connectivity index (χ2v) is 3.00. The zero-order chi connectivity index (χ0) is 11.9. The predicted molar refractivity (Wildman–Crippen MR) is 45.4 cm³/mol. The van der Waals surface area contributed by atoms with Crippen molar-refractivity contribution in [1.82, 2.24) is 0 Å². The molecule has 0 fully saturated rings. The molecule has 0 aromatic heterocycles. The molecule has 0 amide bonds. The lowest BCUT2D eigenvalue weighted by Gasteiger charge is -2.13. The summed E-state index contributed by atoms with van der Waals surface area (Å²) in [5, 5.41) is 0. The monoisotopic (exact) mass is 232 g/mol. The predicted octanol–water partition coefficient (Wildman–Crippen LogP) is 4.25. The Labute approximate surface area is 84.9 Å². The number of hydrogen-bond acceptors (Lipinski definition) is 1. The van der Waals surface area contributed by atoms with E-state index in [2.05, 4.69) is 4.74 Å². The molecule has 90 valence electrons. The van der Waals surface area contributed by atoms with Crippen molar-refractivity contribution in [1.29, 1.82) is 0 Å². The lowest BCUT2D eigenvalue weighted by molar-refractivity contribution is -0.223. The first kappa shape index (κ1) is 14.3. The van der Waals surface area contributed by atoms with Gasteiger partial charge in [0.05, 0.1) is 6.61 Å². The zero-order valence-electron chi connectivity index (χ0n) is 8.33. The third kappa shape index (κ3) is 5.71. The van der Waals surface area contributed by atoms with Crippen molar-refractivity contribution in [2.24, 2.45) is 0 Å². The van der Waals surface area contributed by atoms with Gasteiger partial charge in [-0.25, -0.2) is 0 Å². The van der Waals surface area contributed by atoms with E-state index in [0.29, 0.717) is 12.8 Å². The highest BCUT2D eigenvalue weighted by Gasteiger charge is 2.40. The second-order valence-electron chi connectivity index (χ2n) is 3.00. The van der Waals surface area contributed by atoms with E-state index in [0.717, 1.165) is 12.8 Å². The van der Waals surface area contributed by atoms with Crippen LogP contribution >= 0.6 is 0 Å². The highest BCUT2D eigenvalue weighted by molar-refractivity contribution is 4.99. The maximum absolute atomic E-state index is 12.4. The van der Waals surface area contributed by atoms with Crippen LogP contribution in [0.5, 0.6) is 0 Å². The van der Waals surface area contributed by atoms with Crippen molar-refractivity contribution in [3.05, 3.63) is 11.9 Å². The summed E-state index contributed by atoms with van der Waals surface area (Å²) in [7, 11) is 0. The molecule has 1 nitrogen and oxygen atoms in total. The van der Waals surface area contributed by atoms with Gasteiger partial charge in [-0.05, 0) is 6.42 Å². The molecule has 0 aliphatic heterocycles. The molecule has 0 atom stereocenters. The van der Waals surface area contributed by atoms with Crippen LogP contribution in [0.3, 0.4) is 0 Å². The van der Waals surface area contributed by atoms with E-state index in [1.165, 1.54) is 0 Å². The molecule has 0 aliphatic rings. The van der Waals surface area contributed by atoms with Crippen molar-refractivity contribution in [2.75, 3.05) is 6.61 Å². The summed E-state index contributed by atoms with van der Waals surface area (Å²) in [6.45, 7) is 1.49. The van der Waals surface area contributed by atoms with Gasteiger partial charge < -0.3 is 4.74 Å². The SMILES string of the molecule is CCCCCCOC(F)(F)C(F)=C(F)F. The van der Waals surface area contributed by atoms with Crippen LogP contribution in [0.25, 0.3) is 0 Å². The number of rotatable bonds is 7. The fourth-order valence-electron chi connectivity index (χ4n) is 0.903. The smallest absolute Gasteiger partial charge is 0.315 e. The van der Waals surface area contributed by atoms with E-state index in [1.807, 2.05) is 6.92 Å². The van der Waals surface area contributed by atoms with Crippen LogP contribution in [-0.2, 0) is 4.74 Å². The van der Waals surface area contributed by atoms with Crippen molar-refractivity contribution < 1.29 is 26.7 Å². The van der Waals surface area contributed by atoms with Crippen LogP contribution in [0.4, 0.5) is 22.0 Å². The molecule has 0 aliphatic carbocycles. The minimum atomic E-state index is -4.51. The maximum atomic E-state index is 12.4. The molecule has 15 heavy (non-hydrogen) atoms. The molecule has 0 saturated carbocycles. The summed E-state index contributed by atoms with van der Waals surface area (Å²) in [5.74, 6) is -2.81. The highest BCUT2D eigenvalue weighted by atomic mass is 19.3. The Bertz CT molecular complexity index is 211. The lowest BCUT2D eigenvalue weighted by atomic mass is 10.2. The van der Waals surface area contributed by atoms with Crippen LogP contribution in [0.2, 0.25) is 0 Å². The average molecular weight is 232 g/mol. The molecule has 0 aromatic rings. The Morgan fingerprint density at radius 1 is 1.07 bits per heavy atom. The van der Waals surface area contributed by atoms with E-state index in [1.54, 1.807) is 0 Å². The Morgan fingerprint density at radius 2 is 1.67 bits per heavy atom. The van der Waals surface area contributed by atoms with Crippen molar-refractivity contribution in [3.8, 4) is 0 Å². The van der Waals surface area contributed by atoms with Crippen LogP contribution < -0.4 is 0 Å². The molecular formula is C9H13F5O. The van der Waals surface area contributed by atoms with Crippen molar-refractivity contribution >= 4 is 0 Å². The molecule has 0 radical (unpaired) electrons. The first-order valence-corrected chi connectivity index (χ1v) is 4.64. The van der Waals surface area contributed by atoms with E-state index in [4.69, 9.17) is 0 Å². The average Bonchev–Trinajstić information content (AvgIpc) is 2.16. The number of ether oxygens (including phenoxy) is 1. The Balaban J connectivity index is 3.90. The molecule has 0 N–H and O–H groups in total. The van der Waals surface area contributed by atoms with Crippen LogP contribution in [-0.4, -0.2) is 12.7 Å².